The monoisotopic (exact) mass is 320 g/mol. The molecule has 0 amide bonds. The van der Waals surface area contributed by atoms with E-state index in [2.05, 4.69) is 12.1 Å². The number of halogens is 1. The Balaban J connectivity index is 1.75. The van der Waals surface area contributed by atoms with E-state index in [1.165, 1.54) is 0 Å². The topological polar surface area (TPSA) is 9.23 Å². The molecule has 0 aliphatic carbocycles. The molecule has 23 heavy (non-hydrogen) atoms. The van der Waals surface area contributed by atoms with Gasteiger partial charge in [0.05, 0.1) is 0 Å². The highest BCUT2D eigenvalue weighted by atomic mass is 35.5. The van der Waals surface area contributed by atoms with Gasteiger partial charge in [0.1, 0.15) is 12.4 Å². The molecule has 0 bridgehead atoms. The van der Waals surface area contributed by atoms with Crippen molar-refractivity contribution in [1.82, 2.24) is 0 Å². The molecule has 0 N–H and O–H groups in total. The molecule has 3 rings (SSSR count). The first-order valence-corrected chi connectivity index (χ1v) is 7.88. The van der Waals surface area contributed by atoms with Crippen molar-refractivity contribution >= 4 is 23.8 Å². The smallest absolute Gasteiger partial charge is 0.127 e. The summed E-state index contributed by atoms with van der Waals surface area (Å²) in [4.78, 5) is 0. The summed E-state index contributed by atoms with van der Waals surface area (Å²) in [6.07, 6.45) is 4.09. The van der Waals surface area contributed by atoms with E-state index in [4.69, 9.17) is 16.3 Å². The Morgan fingerprint density at radius 1 is 0.783 bits per heavy atom. The molecule has 0 aliphatic rings. The fourth-order valence-corrected chi connectivity index (χ4v) is 2.48. The van der Waals surface area contributed by atoms with Crippen molar-refractivity contribution in [1.29, 1.82) is 0 Å². The van der Waals surface area contributed by atoms with Crippen molar-refractivity contribution in [3.05, 3.63) is 101 Å². The molecule has 0 unspecified atom stereocenters. The standard InChI is InChI=1S/C21H17ClO/c22-20-11-6-9-17(15-20)13-14-19-10-4-5-12-21(19)23-16-18-7-2-1-3-8-18/h1-15H,16H2. The average Bonchev–Trinajstić information content (AvgIpc) is 2.60. The minimum atomic E-state index is 0.558. The third-order valence-electron chi connectivity index (χ3n) is 3.46. The zero-order valence-corrected chi connectivity index (χ0v) is 13.4. The van der Waals surface area contributed by atoms with E-state index >= 15 is 0 Å². The van der Waals surface area contributed by atoms with Crippen LogP contribution in [-0.4, -0.2) is 0 Å². The van der Waals surface area contributed by atoms with Gasteiger partial charge in [-0.3, -0.25) is 0 Å². The molecule has 2 heteroatoms. The van der Waals surface area contributed by atoms with Crippen molar-refractivity contribution in [3.8, 4) is 5.75 Å². The van der Waals surface area contributed by atoms with Crippen LogP contribution >= 0.6 is 11.6 Å². The summed E-state index contributed by atoms with van der Waals surface area (Å²) < 4.78 is 5.96. The number of benzene rings is 3. The summed E-state index contributed by atoms with van der Waals surface area (Å²) >= 11 is 6.02. The van der Waals surface area contributed by atoms with Gasteiger partial charge < -0.3 is 4.74 Å². The van der Waals surface area contributed by atoms with Crippen LogP contribution < -0.4 is 4.74 Å². The van der Waals surface area contributed by atoms with Crippen LogP contribution in [0.4, 0.5) is 0 Å². The molecule has 114 valence electrons. The summed E-state index contributed by atoms with van der Waals surface area (Å²) in [6, 6.07) is 26.0. The molecule has 3 aromatic carbocycles. The zero-order chi connectivity index (χ0) is 15.9. The maximum absolute atomic E-state index is 6.02. The van der Waals surface area contributed by atoms with Gasteiger partial charge in [0.25, 0.3) is 0 Å². The van der Waals surface area contributed by atoms with Crippen LogP contribution in [0.15, 0.2) is 78.9 Å². The summed E-state index contributed by atoms with van der Waals surface area (Å²) in [5, 5.41) is 0.737. The van der Waals surface area contributed by atoms with Gasteiger partial charge in [-0.25, -0.2) is 0 Å². The van der Waals surface area contributed by atoms with Crippen LogP contribution in [0.3, 0.4) is 0 Å². The van der Waals surface area contributed by atoms with E-state index in [0.29, 0.717) is 6.61 Å². The van der Waals surface area contributed by atoms with E-state index in [-0.39, 0.29) is 0 Å². The number of rotatable bonds is 5. The van der Waals surface area contributed by atoms with Crippen LogP contribution in [0, 0.1) is 0 Å². The Morgan fingerprint density at radius 3 is 2.39 bits per heavy atom. The summed E-state index contributed by atoms with van der Waals surface area (Å²) in [6.45, 7) is 0.558. The third kappa shape index (κ3) is 4.48. The lowest BCUT2D eigenvalue weighted by atomic mass is 10.1. The SMILES string of the molecule is Clc1cccc(C=Cc2ccccc2OCc2ccccc2)c1. The molecule has 0 atom stereocenters. The average molecular weight is 321 g/mol. The molecule has 0 saturated heterocycles. The first kappa shape index (κ1) is 15.4. The van der Waals surface area contributed by atoms with Crippen molar-refractivity contribution in [3.63, 3.8) is 0 Å². The number of ether oxygens (including phenoxy) is 1. The van der Waals surface area contributed by atoms with Gasteiger partial charge in [-0.2, -0.15) is 0 Å². The van der Waals surface area contributed by atoms with Crippen LogP contribution in [-0.2, 0) is 6.61 Å². The van der Waals surface area contributed by atoms with Gasteiger partial charge in [0.2, 0.25) is 0 Å². The molecule has 0 fully saturated rings. The van der Waals surface area contributed by atoms with Crippen molar-refractivity contribution in [2.24, 2.45) is 0 Å². The minimum absolute atomic E-state index is 0.558. The van der Waals surface area contributed by atoms with Gasteiger partial charge in [0, 0.05) is 10.6 Å². The fourth-order valence-electron chi connectivity index (χ4n) is 2.28. The molecular weight excluding hydrogens is 304 g/mol. The van der Waals surface area contributed by atoms with Crippen LogP contribution in [0.5, 0.6) is 5.75 Å². The third-order valence-corrected chi connectivity index (χ3v) is 3.70. The van der Waals surface area contributed by atoms with Gasteiger partial charge in [-0.15, -0.1) is 0 Å². The lowest BCUT2D eigenvalue weighted by Gasteiger charge is -2.09. The first-order chi connectivity index (χ1) is 11.3. The second-order valence-electron chi connectivity index (χ2n) is 5.20. The minimum Gasteiger partial charge on any atom is -0.488 e. The van der Waals surface area contributed by atoms with Crippen molar-refractivity contribution in [2.45, 2.75) is 6.61 Å². The van der Waals surface area contributed by atoms with Gasteiger partial charge in [0.15, 0.2) is 0 Å². The number of hydrogen-bond acceptors (Lipinski definition) is 1. The second-order valence-corrected chi connectivity index (χ2v) is 5.64. The maximum Gasteiger partial charge on any atom is 0.127 e. The Kier molecular flexibility index (Phi) is 5.13. The predicted molar refractivity (Wildman–Crippen MR) is 97.6 cm³/mol. The van der Waals surface area contributed by atoms with Crippen molar-refractivity contribution < 1.29 is 4.74 Å². The van der Waals surface area contributed by atoms with Gasteiger partial charge >= 0.3 is 0 Å². The molecule has 0 aromatic heterocycles. The zero-order valence-electron chi connectivity index (χ0n) is 12.7. The quantitative estimate of drug-likeness (QED) is 0.517. The van der Waals surface area contributed by atoms with E-state index in [0.717, 1.165) is 27.5 Å². The Hall–Kier alpha value is -2.51. The maximum atomic E-state index is 6.02. The Morgan fingerprint density at radius 2 is 1.57 bits per heavy atom. The van der Waals surface area contributed by atoms with E-state index in [9.17, 15) is 0 Å². The molecule has 3 aromatic rings. The lowest BCUT2D eigenvalue weighted by molar-refractivity contribution is 0.305. The fraction of sp³-hybridized carbons (Fsp3) is 0.0476. The van der Waals surface area contributed by atoms with Crippen LogP contribution in [0.1, 0.15) is 16.7 Å². The number of para-hydroxylation sites is 1. The van der Waals surface area contributed by atoms with E-state index < -0.39 is 0 Å². The molecule has 0 aliphatic heterocycles. The highest BCUT2D eigenvalue weighted by Crippen LogP contribution is 2.22. The summed E-state index contributed by atoms with van der Waals surface area (Å²) in [7, 11) is 0. The lowest BCUT2D eigenvalue weighted by Crippen LogP contribution is -1.96. The normalized spacial score (nSPS) is 10.8. The Labute approximate surface area is 141 Å². The molecule has 1 nitrogen and oxygen atoms in total. The molecule has 0 heterocycles. The Bertz CT molecular complexity index is 794. The summed E-state index contributed by atoms with van der Waals surface area (Å²) in [5.74, 6) is 0.870. The largest absolute Gasteiger partial charge is 0.488 e. The van der Waals surface area contributed by atoms with Crippen LogP contribution in [0.25, 0.3) is 12.2 Å². The van der Waals surface area contributed by atoms with Crippen LogP contribution in [0.2, 0.25) is 5.02 Å². The number of hydrogen-bond donors (Lipinski definition) is 0. The second kappa shape index (κ2) is 7.66. The highest BCUT2D eigenvalue weighted by Gasteiger charge is 2.00. The molecular formula is C21H17ClO. The van der Waals surface area contributed by atoms with Gasteiger partial charge in [-0.1, -0.05) is 84.4 Å². The van der Waals surface area contributed by atoms with Crippen molar-refractivity contribution in [2.75, 3.05) is 0 Å². The van der Waals surface area contributed by atoms with E-state index in [1.807, 2.05) is 78.9 Å². The molecule has 0 radical (unpaired) electrons. The molecule has 0 saturated carbocycles. The predicted octanol–water partition coefficient (Wildman–Crippen LogP) is 6.09. The summed E-state index contributed by atoms with van der Waals surface area (Å²) in [5.41, 5.74) is 3.26. The highest BCUT2D eigenvalue weighted by molar-refractivity contribution is 6.30. The first-order valence-electron chi connectivity index (χ1n) is 7.51. The van der Waals surface area contributed by atoms with E-state index in [1.54, 1.807) is 0 Å². The van der Waals surface area contributed by atoms with Gasteiger partial charge in [-0.05, 0) is 29.3 Å². The molecule has 0 spiro atoms.